The first-order valence-electron chi connectivity index (χ1n) is 5.63. The van der Waals surface area contributed by atoms with Crippen LogP contribution in [0.25, 0.3) is 0 Å². The summed E-state index contributed by atoms with van der Waals surface area (Å²) in [6.45, 7) is 0. The Morgan fingerprint density at radius 1 is 0.842 bits per heavy atom. The molecule has 0 saturated heterocycles. The van der Waals surface area contributed by atoms with E-state index in [4.69, 9.17) is 5.73 Å². The van der Waals surface area contributed by atoms with Crippen LogP contribution >= 0.6 is 0 Å². The molecule has 0 aliphatic heterocycles. The highest BCUT2D eigenvalue weighted by atomic mass is 19.2. The van der Waals surface area contributed by atoms with Gasteiger partial charge in [0.1, 0.15) is 0 Å². The van der Waals surface area contributed by atoms with Crippen LogP contribution < -0.4 is 5.73 Å². The largest absolute Gasteiger partial charge is 0.324 e. The van der Waals surface area contributed by atoms with Gasteiger partial charge in [0.15, 0.2) is 23.3 Å². The monoisotopic (exact) mass is 269 g/mol. The first-order valence-corrected chi connectivity index (χ1v) is 5.63. The SMILES string of the molecule is NC(Cc1cccc(F)c1F)c1cccc(F)c1F. The van der Waals surface area contributed by atoms with E-state index < -0.39 is 29.3 Å². The summed E-state index contributed by atoms with van der Waals surface area (Å²) in [6.07, 6.45) is -0.121. The summed E-state index contributed by atoms with van der Waals surface area (Å²) in [5.74, 6) is -4.10. The molecule has 0 saturated carbocycles. The summed E-state index contributed by atoms with van der Waals surface area (Å²) in [6, 6.07) is 6.32. The summed E-state index contributed by atoms with van der Waals surface area (Å²) in [5.41, 5.74) is 5.68. The second kappa shape index (κ2) is 5.40. The Morgan fingerprint density at radius 2 is 1.42 bits per heavy atom. The van der Waals surface area contributed by atoms with E-state index in [2.05, 4.69) is 0 Å². The van der Waals surface area contributed by atoms with E-state index in [1.165, 1.54) is 24.3 Å². The fourth-order valence-corrected chi connectivity index (χ4v) is 1.86. The number of halogens is 4. The summed E-state index contributed by atoms with van der Waals surface area (Å²) in [5, 5.41) is 0. The quantitative estimate of drug-likeness (QED) is 0.848. The molecular weight excluding hydrogens is 258 g/mol. The van der Waals surface area contributed by atoms with Crippen molar-refractivity contribution in [2.75, 3.05) is 0 Å². The first kappa shape index (κ1) is 13.5. The molecule has 0 aliphatic rings. The van der Waals surface area contributed by atoms with Crippen LogP contribution in [0.3, 0.4) is 0 Å². The lowest BCUT2D eigenvalue weighted by atomic mass is 9.98. The molecule has 100 valence electrons. The number of nitrogens with two attached hydrogens (primary N) is 1. The van der Waals surface area contributed by atoms with Crippen LogP contribution in [0.2, 0.25) is 0 Å². The molecule has 0 bridgehead atoms. The zero-order valence-electron chi connectivity index (χ0n) is 9.84. The number of rotatable bonds is 3. The zero-order valence-corrected chi connectivity index (χ0v) is 9.84. The van der Waals surface area contributed by atoms with Crippen molar-refractivity contribution in [2.45, 2.75) is 12.5 Å². The molecule has 0 spiro atoms. The molecule has 2 aromatic rings. The molecule has 2 rings (SSSR count). The maximum atomic E-state index is 13.5. The van der Waals surface area contributed by atoms with Crippen molar-refractivity contribution in [1.29, 1.82) is 0 Å². The highest BCUT2D eigenvalue weighted by Crippen LogP contribution is 2.22. The fourth-order valence-electron chi connectivity index (χ4n) is 1.86. The van der Waals surface area contributed by atoms with Crippen molar-refractivity contribution in [3.8, 4) is 0 Å². The Bertz CT molecular complexity index is 598. The van der Waals surface area contributed by atoms with Gasteiger partial charge >= 0.3 is 0 Å². The smallest absolute Gasteiger partial charge is 0.163 e. The Kier molecular flexibility index (Phi) is 3.85. The fraction of sp³-hybridized carbons (Fsp3) is 0.143. The van der Waals surface area contributed by atoms with E-state index in [1.54, 1.807) is 0 Å². The van der Waals surface area contributed by atoms with Gasteiger partial charge in [0.2, 0.25) is 0 Å². The van der Waals surface area contributed by atoms with Crippen LogP contribution in [0.1, 0.15) is 17.2 Å². The molecule has 0 heterocycles. The lowest BCUT2D eigenvalue weighted by Crippen LogP contribution is -2.16. The molecular formula is C14H11F4N. The first-order chi connectivity index (χ1) is 9.00. The average Bonchev–Trinajstić information content (AvgIpc) is 2.38. The van der Waals surface area contributed by atoms with Crippen LogP contribution in [-0.4, -0.2) is 0 Å². The van der Waals surface area contributed by atoms with Crippen molar-refractivity contribution < 1.29 is 17.6 Å². The lowest BCUT2D eigenvalue weighted by Gasteiger charge is -2.14. The molecule has 1 atom stereocenters. The molecule has 19 heavy (non-hydrogen) atoms. The van der Waals surface area contributed by atoms with E-state index in [0.717, 1.165) is 12.1 Å². The molecule has 0 amide bonds. The summed E-state index contributed by atoms with van der Waals surface area (Å²) < 4.78 is 53.1. The minimum Gasteiger partial charge on any atom is -0.324 e. The topological polar surface area (TPSA) is 26.0 Å². The van der Waals surface area contributed by atoms with Crippen LogP contribution in [0.4, 0.5) is 17.6 Å². The van der Waals surface area contributed by atoms with Gasteiger partial charge < -0.3 is 5.73 Å². The third-order valence-electron chi connectivity index (χ3n) is 2.85. The van der Waals surface area contributed by atoms with Crippen molar-refractivity contribution in [2.24, 2.45) is 5.73 Å². The van der Waals surface area contributed by atoms with Gasteiger partial charge in [-0.05, 0) is 24.1 Å². The van der Waals surface area contributed by atoms with Crippen molar-refractivity contribution in [3.63, 3.8) is 0 Å². The van der Waals surface area contributed by atoms with E-state index in [0.29, 0.717) is 0 Å². The van der Waals surface area contributed by atoms with E-state index in [-0.39, 0.29) is 17.5 Å². The van der Waals surface area contributed by atoms with Crippen molar-refractivity contribution >= 4 is 0 Å². The highest BCUT2D eigenvalue weighted by molar-refractivity contribution is 5.26. The molecule has 0 aromatic heterocycles. The second-order valence-electron chi connectivity index (χ2n) is 4.17. The minimum absolute atomic E-state index is 0.0242. The van der Waals surface area contributed by atoms with Crippen LogP contribution in [0.15, 0.2) is 36.4 Å². The summed E-state index contributed by atoms with van der Waals surface area (Å²) in [4.78, 5) is 0. The Morgan fingerprint density at radius 3 is 2.11 bits per heavy atom. The molecule has 0 fully saturated rings. The summed E-state index contributed by atoms with van der Waals surface area (Å²) in [7, 11) is 0. The third kappa shape index (κ3) is 2.76. The average molecular weight is 269 g/mol. The lowest BCUT2D eigenvalue weighted by molar-refractivity contribution is 0.478. The van der Waals surface area contributed by atoms with Crippen molar-refractivity contribution in [1.82, 2.24) is 0 Å². The Hall–Kier alpha value is -1.88. The molecule has 0 radical (unpaired) electrons. The predicted molar refractivity (Wildman–Crippen MR) is 63.3 cm³/mol. The standard InChI is InChI=1S/C14H11F4N/c15-10-5-1-3-8(13(10)17)7-12(19)9-4-2-6-11(16)14(9)18/h1-6,12H,7,19H2. The van der Waals surface area contributed by atoms with Gasteiger partial charge in [-0.2, -0.15) is 0 Å². The van der Waals surface area contributed by atoms with E-state index in [9.17, 15) is 17.6 Å². The molecule has 2 N–H and O–H groups in total. The normalized spacial score (nSPS) is 12.5. The predicted octanol–water partition coefficient (Wildman–Crippen LogP) is 3.49. The van der Waals surface area contributed by atoms with Gasteiger partial charge in [0.05, 0.1) is 0 Å². The maximum Gasteiger partial charge on any atom is 0.163 e. The van der Waals surface area contributed by atoms with Gasteiger partial charge in [-0.25, -0.2) is 17.6 Å². The van der Waals surface area contributed by atoms with E-state index in [1.807, 2.05) is 0 Å². The molecule has 0 aliphatic carbocycles. The van der Waals surface area contributed by atoms with E-state index >= 15 is 0 Å². The highest BCUT2D eigenvalue weighted by Gasteiger charge is 2.17. The maximum absolute atomic E-state index is 13.5. The van der Waals surface area contributed by atoms with Gasteiger partial charge in [-0.3, -0.25) is 0 Å². The Labute approximate surface area is 107 Å². The van der Waals surface area contributed by atoms with Crippen LogP contribution in [0, 0.1) is 23.3 Å². The molecule has 5 heteroatoms. The number of benzene rings is 2. The Balaban J connectivity index is 2.28. The van der Waals surface area contributed by atoms with Gasteiger partial charge in [0.25, 0.3) is 0 Å². The van der Waals surface area contributed by atoms with Crippen molar-refractivity contribution in [3.05, 3.63) is 70.8 Å². The number of hydrogen-bond donors (Lipinski definition) is 1. The van der Waals surface area contributed by atoms with Crippen LogP contribution in [-0.2, 0) is 6.42 Å². The molecule has 1 unspecified atom stereocenters. The summed E-state index contributed by atoms with van der Waals surface area (Å²) >= 11 is 0. The van der Waals surface area contributed by atoms with Gasteiger partial charge in [-0.15, -0.1) is 0 Å². The van der Waals surface area contributed by atoms with Gasteiger partial charge in [-0.1, -0.05) is 24.3 Å². The molecule has 2 aromatic carbocycles. The third-order valence-corrected chi connectivity index (χ3v) is 2.85. The molecule has 1 nitrogen and oxygen atoms in total. The van der Waals surface area contributed by atoms with Crippen LogP contribution in [0.5, 0.6) is 0 Å². The number of hydrogen-bond acceptors (Lipinski definition) is 1. The zero-order chi connectivity index (χ0) is 14.0. The second-order valence-corrected chi connectivity index (χ2v) is 4.17. The minimum atomic E-state index is -1.06. The van der Waals surface area contributed by atoms with Gasteiger partial charge in [0, 0.05) is 11.6 Å².